The molecule has 1 amide bonds. The molecule has 1 atom stereocenters. The Hall–Kier alpha value is -1.60. The summed E-state index contributed by atoms with van der Waals surface area (Å²) < 4.78 is 33.0. The average Bonchev–Trinajstić information content (AvgIpc) is 2.92. The standard InChI is InChI=1S/C16H24N2O4S/c1-11(2)12(3)17-23(20,21)13-7-8-15(22-4)14(10-13)18-9-5-6-16(18)19/h7-8,10-12,17H,5-6,9H2,1-4H3/t12-/m0/s1. The van der Waals surface area contributed by atoms with Crippen LogP contribution in [0, 0.1) is 5.92 Å². The fourth-order valence-corrected chi connectivity index (χ4v) is 3.81. The summed E-state index contributed by atoms with van der Waals surface area (Å²) in [5.41, 5.74) is 0.509. The van der Waals surface area contributed by atoms with Crippen molar-refractivity contribution >= 4 is 21.6 Å². The zero-order valence-corrected chi connectivity index (χ0v) is 14.8. The molecule has 1 heterocycles. The first kappa shape index (κ1) is 17.7. The number of amides is 1. The van der Waals surface area contributed by atoms with E-state index in [0.29, 0.717) is 24.4 Å². The van der Waals surface area contributed by atoms with Gasteiger partial charge in [-0.25, -0.2) is 13.1 Å². The molecule has 23 heavy (non-hydrogen) atoms. The summed E-state index contributed by atoms with van der Waals surface area (Å²) in [6.45, 7) is 6.32. The summed E-state index contributed by atoms with van der Waals surface area (Å²) in [4.78, 5) is 13.7. The number of methoxy groups -OCH3 is 1. The van der Waals surface area contributed by atoms with Crippen LogP contribution in [0.15, 0.2) is 23.1 Å². The summed E-state index contributed by atoms with van der Waals surface area (Å²) in [7, 11) is -2.14. The van der Waals surface area contributed by atoms with Crippen molar-refractivity contribution in [3.8, 4) is 5.75 Å². The van der Waals surface area contributed by atoms with Gasteiger partial charge in [0.15, 0.2) is 0 Å². The highest BCUT2D eigenvalue weighted by Crippen LogP contribution is 2.33. The summed E-state index contributed by atoms with van der Waals surface area (Å²) >= 11 is 0. The molecule has 0 saturated carbocycles. The van der Waals surface area contributed by atoms with Gasteiger partial charge in [-0.15, -0.1) is 0 Å². The molecule has 0 aliphatic carbocycles. The Labute approximate surface area is 137 Å². The number of hydrogen-bond donors (Lipinski definition) is 1. The van der Waals surface area contributed by atoms with Gasteiger partial charge in [-0.2, -0.15) is 0 Å². The van der Waals surface area contributed by atoms with Crippen molar-refractivity contribution in [1.29, 1.82) is 0 Å². The summed E-state index contributed by atoms with van der Waals surface area (Å²) in [5.74, 6) is 0.667. The number of rotatable bonds is 6. The molecule has 7 heteroatoms. The third-order valence-electron chi connectivity index (χ3n) is 4.17. The first-order valence-corrected chi connectivity index (χ1v) is 9.25. The first-order valence-electron chi connectivity index (χ1n) is 7.77. The van der Waals surface area contributed by atoms with Gasteiger partial charge in [0, 0.05) is 19.0 Å². The summed E-state index contributed by atoms with van der Waals surface area (Å²) in [6, 6.07) is 4.42. The highest BCUT2D eigenvalue weighted by Gasteiger charge is 2.27. The number of anilines is 1. The van der Waals surface area contributed by atoms with Gasteiger partial charge in [-0.1, -0.05) is 13.8 Å². The van der Waals surface area contributed by atoms with E-state index in [2.05, 4.69) is 4.72 Å². The second-order valence-electron chi connectivity index (χ2n) is 6.14. The van der Waals surface area contributed by atoms with Crippen LogP contribution in [0.3, 0.4) is 0 Å². The second kappa shape index (κ2) is 6.88. The molecule has 1 fully saturated rings. The van der Waals surface area contributed by atoms with E-state index in [9.17, 15) is 13.2 Å². The van der Waals surface area contributed by atoms with Crippen LogP contribution in [-0.2, 0) is 14.8 Å². The molecule has 0 spiro atoms. The lowest BCUT2D eigenvalue weighted by Gasteiger charge is -2.21. The van der Waals surface area contributed by atoms with E-state index < -0.39 is 10.0 Å². The molecule has 0 radical (unpaired) electrons. The van der Waals surface area contributed by atoms with Crippen LogP contribution in [0.2, 0.25) is 0 Å². The second-order valence-corrected chi connectivity index (χ2v) is 7.85. The number of sulfonamides is 1. The van der Waals surface area contributed by atoms with Crippen LogP contribution >= 0.6 is 0 Å². The Balaban J connectivity index is 2.39. The average molecular weight is 340 g/mol. The zero-order chi connectivity index (χ0) is 17.2. The number of carbonyl (C=O) groups is 1. The minimum absolute atomic E-state index is 0.0126. The van der Waals surface area contributed by atoms with Gasteiger partial charge in [-0.3, -0.25) is 4.79 Å². The van der Waals surface area contributed by atoms with Gasteiger partial charge < -0.3 is 9.64 Å². The molecule has 0 aromatic heterocycles. The normalized spacial score (nSPS) is 16.9. The number of nitrogens with zero attached hydrogens (tertiary/aromatic N) is 1. The van der Waals surface area contributed by atoms with E-state index in [1.807, 2.05) is 20.8 Å². The molecular weight excluding hydrogens is 316 g/mol. The predicted molar refractivity (Wildman–Crippen MR) is 89.2 cm³/mol. The predicted octanol–water partition coefficient (Wildman–Crippen LogP) is 2.14. The molecule has 1 saturated heterocycles. The molecule has 1 aliphatic heterocycles. The number of hydrogen-bond acceptors (Lipinski definition) is 4. The molecule has 1 aromatic rings. The van der Waals surface area contributed by atoms with Crippen molar-refractivity contribution in [3.63, 3.8) is 0 Å². The third kappa shape index (κ3) is 3.84. The van der Waals surface area contributed by atoms with E-state index in [-0.39, 0.29) is 22.8 Å². The molecule has 1 aliphatic rings. The fourth-order valence-electron chi connectivity index (χ4n) is 2.40. The van der Waals surface area contributed by atoms with Crippen LogP contribution < -0.4 is 14.4 Å². The van der Waals surface area contributed by atoms with E-state index in [0.717, 1.165) is 6.42 Å². The van der Waals surface area contributed by atoms with Gasteiger partial charge in [-0.05, 0) is 37.5 Å². The molecule has 6 nitrogen and oxygen atoms in total. The lowest BCUT2D eigenvalue weighted by atomic mass is 10.1. The largest absolute Gasteiger partial charge is 0.495 e. The number of nitrogens with one attached hydrogen (secondary N) is 1. The Kier molecular flexibility index (Phi) is 5.31. The lowest BCUT2D eigenvalue weighted by molar-refractivity contribution is -0.117. The molecule has 2 rings (SSSR count). The first-order chi connectivity index (χ1) is 10.8. The van der Waals surface area contributed by atoms with Gasteiger partial charge in [0.05, 0.1) is 17.7 Å². The topological polar surface area (TPSA) is 75.7 Å². The molecular formula is C16H24N2O4S. The van der Waals surface area contributed by atoms with Crippen LogP contribution in [0.5, 0.6) is 5.75 Å². The maximum atomic E-state index is 12.5. The van der Waals surface area contributed by atoms with E-state index in [4.69, 9.17) is 4.74 Å². The summed E-state index contributed by atoms with van der Waals surface area (Å²) in [5, 5.41) is 0. The van der Waals surface area contributed by atoms with Gasteiger partial charge in [0.1, 0.15) is 5.75 Å². The SMILES string of the molecule is COc1ccc(S(=O)(=O)N[C@@H](C)C(C)C)cc1N1CCCC1=O. The Bertz CT molecular complexity index is 685. The number of ether oxygens (including phenoxy) is 1. The van der Waals surface area contributed by atoms with Gasteiger partial charge in [0.2, 0.25) is 15.9 Å². The van der Waals surface area contributed by atoms with Crippen LogP contribution in [0.4, 0.5) is 5.69 Å². The molecule has 1 N–H and O–H groups in total. The highest BCUT2D eigenvalue weighted by atomic mass is 32.2. The van der Waals surface area contributed by atoms with Crippen LogP contribution in [0.25, 0.3) is 0 Å². The molecule has 1 aromatic carbocycles. The van der Waals surface area contributed by atoms with E-state index >= 15 is 0 Å². The van der Waals surface area contributed by atoms with Crippen LogP contribution in [0.1, 0.15) is 33.6 Å². The minimum atomic E-state index is -3.64. The van der Waals surface area contributed by atoms with Crippen molar-refractivity contribution in [2.45, 2.75) is 44.6 Å². The van der Waals surface area contributed by atoms with Crippen LogP contribution in [-0.4, -0.2) is 34.0 Å². The smallest absolute Gasteiger partial charge is 0.240 e. The Morgan fingerprint density at radius 1 is 1.26 bits per heavy atom. The molecule has 0 bridgehead atoms. The third-order valence-corrected chi connectivity index (χ3v) is 5.72. The fraction of sp³-hybridized carbons (Fsp3) is 0.562. The van der Waals surface area contributed by atoms with Crippen molar-refractivity contribution in [2.75, 3.05) is 18.6 Å². The van der Waals surface area contributed by atoms with Gasteiger partial charge >= 0.3 is 0 Å². The Morgan fingerprint density at radius 3 is 2.48 bits per heavy atom. The maximum Gasteiger partial charge on any atom is 0.240 e. The quantitative estimate of drug-likeness (QED) is 0.861. The maximum absolute atomic E-state index is 12.5. The number of carbonyl (C=O) groups excluding carboxylic acids is 1. The lowest BCUT2D eigenvalue weighted by Crippen LogP contribution is -2.36. The Morgan fingerprint density at radius 2 is 1.96 bits per heavy atom. The van der Waals surface area contributed by atoms with Crippen molar-refractivity contribution < 1.29 is 17.9 Å². The molecule has 0 unspecified atom stereocenters. The minimum Gasteiger partial charge on any atom is -0.495 e. The van der Waals surface area contributed by atoms with E-state index in [1.165, 1.54) is 19.2 Å². The molecule has 128 valence electrons. The van der Waals surface area contributed by atoms with Gasteiger partial charge in [0.25, 0.3) is 0 Å². The van der Waals surface area contributed by atoms with E-state index in [1.54, 1.807) is 11.0 Å². The monoisotopic (exact) mass is 340 g/mol. The van der Waals surface area contributed by atoms with Crippen molar-refractivity contribution in [1.82, 2.24) is 4.72 Å². The zero-order valence-electron chi connectivity index (χ0n) is 14.0. The highest BCUT2D eigenvalue weighted by molar-refractivity contribution is 7.89. The summed E-state index contributed by atoms with van der Waals surface area (Å²) in [6.07, 6.45) is 1.24. The van der Waals surface area contributed by atoms with Crippen molar-refractivity contribution in [2.24, 2.45) is 5.92 Å². The number of benzene rings is 1. The van der Waals surface area contributed by atoms with Crippen molar-refractivity contribution in [3.05, 3.63) is 18.2 Å².